The van der Waals surface area contributed by atoms with Crippen molar-refractivity contribution in [2.24, 2.45) is 0 Å². The predicted octanol–water partition coefficient (Wildman–Crippen LogP) is 5.89. The normalized spacial score (nSPS) is 16.2. The molecule has 0 fully saturated rings. The van der Waals surface area contributed by atoms with Gasteiger partial charge in [-0.2, -0.15) is 0 Å². The van der Waals surface area contributed by atoms with Crippen molar-refractivity contribution in [3.8, 4) is 5.75 Å². The van der Waals surface area contributed by atoms with Gasteiger partial charge in [0, 0.05) is 21.6 Å². The van der Waals surface area contributed by atoms with Crippen LogP contribution in [0.3, 0.4) is 0 Å². The Labute approximate surface area is 197 Å². The third-order valence-electron chi connectivity index (χ3n) is 5.52. The van der Waals surface area contributed by atoms with Crippen molar-refractivity contribution in [3.63, 3.8) is 0 Å². The van der Waals surface area contributed by atoms with Gasteiger partial charge in [-0.15, -0.1) is 0 Å². The molecule has 4 aromatic rings. The minimum atomic E-state index is -0.981. The van der Waals surface area contributed by atoms with E-state index in [1.54, 1.807) is 61.5 Å². The first-order valence-corrected chi connectivity index (χ1v) is 10.9. The second-order valence-electron chi connectivity index (χ2n) is 7.61. The van der Waals surface area contributed by atoms with Crippen LogP contribution in [-0.4, -0.2) is 23.9 Å². The standard InChI is InChI=1S/C25H18BrNO6/c1-13-6-8-19(32-13)22-21(23(28)20-11-14-10-15(26)7-9-18(14)33-20)24(29)25(30)27(22)16-4-3-5-17(12-16)31-2/h3-12,22,29H,1-2H3. The number of ether oxygens (including phenoxy) is 1. The number of carbonyl (C=O) groups is 2. The summed E-state index contributed by atoms with van der Waals surface area (Å²) in [6.07, 6.45) is 0. The van der Waals surface area contributed by atoms with Crippen molar-refractivity contribution in [1.29, 1.82) is 0 Å². The van der Waals surface area contributed by atoms with E-state index in [1.165, 1.54) is 12.0 Å². The third-order valence-corrected chi connectivity index (χ3v) is 6.01. The van der Waals surface area contributed by atoms with Crippen LogP contribution in [-0.2, 0) is 4.79 Å². The summed E-state index contributed by atoms with van der Waals surface area (Å²) < 4.78 is 17.7. The number of aliphatic hydroxyl groups is 1. The Bertz CT molecular complexity index is 1450. The van der Waals surface area contributed by atoms with E-state index < -0.39 is 23.5 Å². The molecule has 166 valence electrons. The molecule has 0 bridgehead atoms. The lowest BCUT2D eigenvalue weighted by atomic mass is 9.99. The number of benzene rings is 2. The maximum atomic E-state index is 13.6. The van der Waals surface area contributed by atoms with Crippen LogP contribution >= 0.6 is 15.9 Å². The number of anilines is 1. The number of carbonyl (C=O) groups excluding carboxylic acids is 2. The molecule has 1 N–H and O–H groups in total. The monoisotopic (exact) mass is 507 g/mol. The SMILES string of the molecule is COc1cccc(N2C(=O)C(O)=C(C(=O)c3cc4cc(Br)ccc4o3)C2c2ccc(C)o2)c1. The topological polar surface area (TPSA) is 93.1 Å². The van der Waals surface area contributed by atoms with Crippen molar-refractivity contribution in [3.05, 3.63) is 93.7 Å². The lowest BCUT2D eigenvalue weighted by Crippen LogP contribution is -2.30. The summed E-state index contributed by atoms with van der Waals surface area (Å²) >= 11 is 3.40. The van der Waals surface area contributed by atoms with E-state index in [-0.39, 0.29) is 11.3 Å². The molecular formula is C25H18BrNO6. The number of aliphatic hydroxyl groups excluding tert-OH is 1. The fourth-order valence-corrected chi connectivity index (χ4v) is 4.37. The summed E-state index contributed by atoms with van der Waals surface area (Å²) in [5, 5.41) is 11.6. The fraction of sp³-hybridized carbons (Fsp3) is 0.120. The number of fused-ring (bicyclic) bond motifs is 1. The minimum absolute atomic E-state index is 0.0122. The average Bonchev–Trinajstić information content (AvgIpc) is 3.49. The molecule has 2 aromatic carbocycles. The van der Waals surface area contributed by atoms with Gasteiger partial charge in [-0.1, -0.05) is 22.0 Å². The average molecular weight is 508 g/mol. The van der Waals surface area contributed by atoms with Crippen LogP contribution < -0.4 is 9.64 Å². The van der Waals surface area contributed by atoms with Crippen LogP contribution in [0.1, 0.15) is 28.1 Å². The van der Waals surface area contributed by atoms with Crippen LogP contribution in [0, 0.1) is 6.92 Å². The van der Waals surface area contributed by atoms with E-state index in [0.29, 0.717) is 33.9 Å². The predicted molar refractivity (Wildman–Crippen MR) is 125 cm³/mol. The summed E-state index contributed by atoms with van der Waals surface area (Å²) in [7, 11) is 1.52. The molecule has 0 radical (unpaired) electrons. The van der Waals surface area contributed by atoms with Gasteiger partial charge in [-0.3, -0.25) is 14.5 Å². The van der Waals surface area contributed by atoms with Crippen LogP contribution in [0.4, 0.5) is 5.69 Å². The van der Waals surface area contributed by atoms with Gasteiger partial charge in [0.15, 0.2) is 11.5 Å². The Kier molecular flexibility index (Phi) is 5.09. The van der Waals surface area contributed by atoms with Crippen LogP contribution in [0.25, 0.3) is 11.0 Å². The highest BCUT2D eigenvalue weighted by atomic mass is 79.9. The number of aryl methyl sites for hydroxylation is 1. The molecule has 3 heterocycles. The number of halogens is 1. The van der Waals surface area contributed by atoms with Gasteiger partial charge in [0.2, 0.25) is 5.78 Å². The molecule has 7 nitrogen and oxygen atoms in total. The lowest BCUT2D eigenvalue weighted by molar-refractivity contribution is -0.117. The van der Waals surface area contributed by atoms with E-state index in [9.17, 15) is 14.7 Å². The van der Waals surface area contributed by atoms with Crippen molar-refractivity contribution >= 4 is 44.3 Å². The molecule has 5 rings (SSSR count). The summed E-state index contributed by atoms with van der Waals surface area (Å²) in [5.74, 6) is -0.481. The highest BCUT2D eigenvalue weighted by molar-refractivity contribution is 9.10. The molecule has 1 atom stereocenters. The van der Waals surface area contributed by atoms with Gasteiger partial charge in [0.1, 0.15) is 28.9 Å². The number of rotatable bonds is 5. The molecule has 0 saturated heterocycles. The molecule has 1 aliphatic rings. The van der Waals surface area contributed by atoms with Crippen LogP contribution in [0.15, 0.2) is 85.3 Å². The van der Waals surface area contributed by atoms with E-state index in [0.717, 1.165) is 4.47 Å². The Balaban J connectivity index is 1.65. The fourth-order valence-electron chi connectivity index (χ4n) is 3.99. The number of furan rings is 2. The molecule has 1 aliphatic heterocycles. The number of nitrogens with zero attached hydrogens (tertiary/aromatic N) is 1. The zero-order valence-corrected chi connectivity index (χ0v) is 19.3. The molecule has 2 aromatic heterocycles. The second-order valence-corrected chi connectivity index (χ2v) is 8.53. The first-order chi connectivity index (χ1) is 15.9. The Morgan fingerprint density at radius 1 is 1.09 bits per heavy atom. The van der Waals surface area contributed by atoms with Crippen molar-refractivity contribution < 1.29 is 28.3 Å². The van der Waals surface area contributed by atoms with Crippen molar-refractivity contribution in [1.82, 2.24) is 0 Å². The Morgan fingerprint density at radius 2 is 1.91 bits per heavy atom. The number of hydrogen-bond donors (Lipinski definition) is 1. The number of amides is 1. The largest absolute Gasteiger partial charge is 0.503 e. The smallest absolute Gasteiger partial charge is 0.294 e. The van der Waals surface area contributed by atoms with Gasteiger partial charge in [-0.05, 0) is 55.5 Å². The minimum Gasteiger partial charge on any atom is -0.503 e. The van der Waals surface area contributed by atoms with Gasteiger partial charge < -0.3 is 18.7 Å². The maximum absolute atomic E-state index is 13.6. The third kappa shape index (κ3) is 3.52. The van der Waals surface area contributed by atoms with Gasteiger partial charge >= 0.3 is 0 Å². The summed E-state index contributed by atoms with van der Waals surface area (Å²) in [4.78, 5) is 28.1. The Hall–Kier alpha value is -3.78. The molecule has 8 heteroatoms. The van der Waals surface area contributed by atoms with E-state index >= 15 is 0 Å². The van der Waals surface area contributed by atoms with Gasteiger partial charge in [-0.25, -0.2) is 0 Å². The van der Waals surface area contributed by atoms with E-state index in [2.05, 4.69) is 15.9 Å². The number of Topliss-reactive ketones (excluding diaryl/α,β-unsaturated/α-hetero) is 1. The summed E-state index contributed by atoms with van der Waals surface area (Å²) in [6.45, 7) is 1.76. The van der Waals surface area contributed by atoms with E-state index in [4.69, 9.17) is 13.6 Å². The van der Waals surface area contributed by atoms with Crippen LogP contribution in [0.5, 0.6) is 5.75 Å². The second kappa shape index (κ2) is 7.97. The van der Waals surface area contributed by atoms with Crippen molar-refractivity contribution in [2.75, 3.05) is 12.0 Å². The zero-order chi connectivity index (χ0) is 23.3. The van der Waals surface area contributed by atoms with Crippen molar-refractivity contribution in [2.45, 2.75) is 13.0 Å². The summed E-state index contributed by atoms with van der Waals surface area (Å²) in [6, 6.07) is 16.2. The summed E-state index contributed by atoms with van der Waals surface area (Å²) in [5.41, 5.74) is 0.845. The molecule has 0 spiro atoms. The first-order valence-electron chi connectivity index (χ1n) is 10.1. The number of ketones is 1. The number of methoxy groups -OCH3 is 1. The molecule has 0 aliphatic carbocycles. The highest BCUT2D eigenvalue weighted by Crippen LogP contribution is 2.43. The number of hydrogen-bond acceptors (Lipinski definition) is 6. The first kappa shape index (κ1) is 21.1. The van der Waals surface area contributed by atoms with E-state index in [1.807, 2.05) is 6.07 Å². The van der Waals surface area contributed by atoms with Gasteiger partial charge in [0.25, 0.3) is 5.91 Å². The maximum Gasteiger partial charge on any atom is 0.294 e. The molecule has 1 amide bonds. The van der Waals surface area contributed by atoms with Crippen LogP contribution in [0.2, 0.25) is 0 Å². The molecule has 0 saturated carbocycles. The Morgan fingerprint density at radius 3 is 2.64 bits per heavy atom. The quantitative estimate of drug-likeness (QED) is 0.338. The molecule has 33 heavy (non-hydrogen) atoms. The van der Waals surface area contributed by atoms with Gasteiger partial charge in [0.05, 0.1) is 12.7 Å². The molecular weight excluding hydrogens is 490 g/mol. The lowest BCUT2D eigenvalue weighted by Gasteiger charge is -2.25. The zero-order valence-electron chi connectivity index (χ0n) is 17.7. The highest BCUT2D eigenvalue weighted by Gasteiger charge is 2.47. The molecule has 1 unspecified atom stereocenters.